The minimum atomic E-state index is -2.06. The average Bonchev–Trinajstić information content (AvgIpc) is 1.64. The highest BCUT2D eigenvalue weighted by molar-refractivity contribution is 7.76. The van der Waals surface area contributed by atoms with Crippen LogP contribution in [0.25, 0.3) is 0 Å². The Hall–Kier alpha value is 0.0700. The zero-order valence-electron chi connectivity index (χ0n) is 5.25. The predicted molar refractivity (Wildman–Crippen MR) is 31.8 cm³/mol. The summed E-state index contributed by atoms with van der Waals surface area (Å²) in [5, 5.41) is 0. The van der Waals surface area contributed by atoms with Crippen LogP contribution in [0, 0.1) is 0 Å². The molecule has 0 aromatic carbocycles. The molecule has 0 radical (unpaired) electrons. The summed E-state index contributed by atoms with van der Waals surface area (Å²) < 4.78 is 21.4. The van der Waals surface area contributed by atoms with Crippen LogP contribution in [0.3, 0.4) is 0 Å². The molecule has 4 heteroatoms. The number of rotatable bonds is 2. The number of hydrogen-bond donors (Lipinski definition) is 0. The van der Waals surface area contributed by atoms with Gasteiger partial charge in [-0.3, -0.25) is 4.21 Å². The van der Waals surface area contributed by atoms with Gasteiger partial charge in [0.15, 0.2) is 0 Å². The molecule has 0 heterocycles. The second-order valence-electron chi connectivity index (χ2n) is 1.86. The van der Waals surface area contributed by atoms with Crippen molar-refractivity contribution in [2.75, 3.05) is 7.05 Å². The third kappa shape index (κ3) is 2.40. The first-order chi connectivity index (χ1) is 3.55. The lowest BCUT2D eigenvalue weighted by atomic mass is 10.4. The molecule has 0 bridgehead atoms. The Bertz CT molecular complexity index is 94.0. The van der Waals surface area contributed by atoms with Gasteiger partial charge in [-0.2, -0.15) is 0 Å². The van der Waals surface area contributed by atoms with Crippen LogP contribution < -0.4 is 0 Å². The fraction of sp³-hybridized carbons (Fsp3) is 1.00. The van der Waals surface area contributed by atoms with Gasteiger partial charge in [0.25, 0.3) is 0 Å². The monoisotopic (exact) mass is 136 g/mol. The lowest BCUT2D eigenvalue weighted by molar-refractivity contribution is 0.387. The van der Waals surface area contributed by atoms with E-state index in [-0.39, 0.29) is 6.04 Å². The van der Waals surface area contributed by atoms with Crippen molar-refractivity contribution in [2.45, 2.75) is 19.9 Å². The van der Waals surface area contributed by atoms with Crippen LogP contribution in [-0.2, 0) is 11.3 Å². The average molecular weight is 136 g/mol. The Balaban J connectivity index is 3.64. The topological polar surface area (TPSA) is 43.4 Å². The molecule has 0 aliphatic heterocycles. The van der Waals surface area contributed by atoms with Crippen molar-refractivity contribution in [2.24, 2.45) is 0 Å². The van der Waals surface area contributed by atoms with Gasteiger partial charge in [-0.15, -0.1) is 0 Å². The molecule has 0 rings (SSSR count). The van der Waals surface area contributed by atoms with E-state index in [0.29, 0.717) is 0 Å². The molecule has 3 nitrogen and oxygen atoms in total. The highest BCUT2D eigenvalue weighted by Crippen LogP contribution is 1.93. The standard InChI is InChI=1S/C4H11NO2S/c1-4(2)5(3)8(6)7/h4H,1-3H3,(H,6,7)/p-1. The van der Waals surface area contributed by atoms with E-state index >= 15 is 0 Å². The zero-order valence-corrected chi connectivity index (χ0v) is 6.07. The van der Waals surface area contributed by atoms with Crippen molar-refractivity contribution in [3.8, 4) is 0 Å². The summed E-state index contributed by atoms with van der Waals surface area (Å²) in [6.45, 7) is 3.63. The van der Waals surface area contributed by atoms with Crippen LogP contribution in [0.2, 0.25) is 0 Å². The van der Waals surface area contributed by atoms with Crippen LogP contribution in [-0.4, -0.2) is 26.2 Å². The van der Waals surface area contributed by atoms with Crippen LogP contribution in [0.4, 0.5) is 0 Å². The molecule has 0 amide bonds. The van der Waals surface area contributed by atoms with Crippen LogP contribution >= 0.6 is 0 Å². The van der Waals surface area contributed by atoms with Crippen molar-refractivity contribution in [3.63, 3.8) is 0 Å². The molecule has 0 N–H and O–H groups in total. The summed E-state index contributed by atoms with van der Waals surface area (Å²) in [7, 11) is 1.54. The zero-order chi connectivity index (χ0) is 6.73. The van der Waals surface area contributed by atoms with Gasteiger partial charge in [0.1, 0.15) is 0 Å². The van der Waals surface area contributed by atoms with E-state index in [0.717, 1.165) is 0 Å². The Morgan fingerprint density at radius 1 is 1.62 bits per heavy atom. The minimum absolute atomic E-state index is 0.0633. The fourth-order valence-electron chi connectivity index (χ4n) is 0.172. The van der Waals surface area contributed by atoms with E-state index in [1.165, 1.54) is 11.4 Å². The molecule has 8 heavy (non-hydrogen) atoms. The quantitative estimate of drug-likeness (QED) is 0.506. The maximum Gasteiger partial charge on any atom is 0.0208 e. The first-order valence-corrected chi connectivity index (χ1v) is 3.41. The summed E-state index contributed by atoms with van der Waals surface area (Å²) in [4.78, 5) is 0. The second kappa shape index (κ2) is 3.17. The Morgan fingerprint density at radius 2 is 2.00 bits per heavy atom. The molecule has 50 valence electrons. The van der Waals surface area contributed by atoms with Crippen LogP contribution in [0.15, 0.2) is 0 Å². The van der Waals surface area contributed by atoms with E-state index in [4.69, 9.17) is 0 Å². The van der Waals surface area contributed by atoms with Crippen LogP contribution in [0.1, 0.15) is 13.8 Å². The highest BCUT2D eigenvalue weighted by Gasteiger charge is 1.99. The summed E-state index contributed by atoms with van der Waals surface area (Å²) in [5.74, 6) is 0. The molecular formula is C4H10NO2S-. The second-order valence-corrected chi connectivity index (χ2v) is 2.87. The van der Waals surface area contributed by atoms with Crippen molar-refractivity contribution < 1.29 is 8.76 Å². The Kier molecular flexibility index (Phi) is 3.19. The van der Waals surface area contributed by atoms with E-state index in [9.17, 15) is 8.76 Å². The smallest absolute Gasteiger partial charge is 0.0208 e. The van der Waals surface area contributed by atoms with Gasteiger partial charge >= 0.3 is 0 Å². The maximum absolute atomic E-state index is 10.1. The summed E-state index contributed by atoms with van der Waals surface area (Å²) in [6.07, 6.45) is 0. The molecule has 0 aliphatic carbocycles. The van der Waals surface area contributed by atoms with Gasteiger partial charge < -0.3 is 4.55 Å². The van der Waals surface area contributed by atoms with Crippen molar-refractivity contribution in [3.05, 3.63) is 0 Å². The lowest BCUT2D eigenvalue weighted by Crippen LogP contribution is -2.27. The number of hydrogen-bond acceptors (Lipinski definition) is 2. The molecular weight excluding hydrogens is 126 g/mol. The molecule has 0 saturated heterocycles. The van der Waals surface area contributed by atoms with Gasteiger partial charge in [0, 0.05) is 17.3 Å². The highest BCUT2D eigenvalue weighted by atomic mass is 32.2. The van der Waals surface area contributed by atoms with Gasteiger partial charge in [0.05, 0.1) is 0 Å². The molecule has 0 fully saturated rings. The lowest BCUT2D eigenvalue weighted by Gasteiger charge is -2.22. The van der Waals surface area contributed by atoms with Crippen molar-refractivity contribution in [1.29, 1.82) is 0 Å². The van der Waals surface area contributed by atoms with Gasteiger partial charge in [-0.05, 0) is 20.9 Å². The van der Waals surface area contributed by atoms with Gasteiger partial charge in [-0.25, -0.2) is 4.31 Å². The first-order valence-electron chi connectivity index (χ1n) is 2.38. The molecule has 0 aliphatic rings. The largest absolute Gasteiger partial charge is 0.760 e. The molecule has 1 atom stereocenters. The normalized spacial score (nSPS) is 15.2. The molecule has 0 aromatic heterocycles. The summed E-state index contributed by atoms with van der Waals surface area (Å²) in [5.41, 5.74) is 0. The van der Waals surface area contributed by atoms with E-state index in [1.54, 1.807) is 0 Å². The van der Waals surface area contributed by atoms with Crippen molar-refractivity contribution >= 4 is 11.3 Å². The SMILES string of the molecule is CC(C)N(C)S(=O)[O-]. The van der Waals surface area contributed by atoms with Crippen LogP contribution in [0.5, 0.6) is 0 Å². The molecule has 1 unspecified atom stereocenters. The predicted octanol–water partition coefficient (Wildman–Crippen LogP) is 0.121. The molecule has 0 aromatic rings. The fourth-order valence-corrected chi connectivity index (χ4v) is 0.516. The number of nitrogens with zero attached hydrogens (tertiary/aromatic N) is 1. The third-order valence-corrected chi connectivity index (χ3v) is 1.85. The Morgan fingerprint density at radius 3 is 2.00 bits per heavy atom. The summed E-state index contributed by atoms with van der Waals surface area (Å²) in [6, 6.07) is 0.0633. The van der Waals surface area contributed by atoms with Crippen molar-refractivity contribution in [1.82, 2.24) is 4.31 Å². The Labute approximate surface area is 52.1 Å². The van der Waals surface area contributed by atoms with Gasteiger partial charge in [0.2, 0.25) is 0 Å². The molecule has 0 spiro atoms. The summed E-state index contributed by atoms with van der Waals surface area (Å²) >= 11 is -2.06. The van der Waals surface area contributed by atoms with Gasteiger partial charge in [-0.1, -0.05) is 0 Å². The molecule has 0 saturated carbocycles. The minimum Gasteiger partial charge on any atom is -0.760 e. The third-order valence-electron chi connectivity index (χ3n) is 0.962. The van der Waals surface area contributed by atoms with E-state index < -0.39 is 11.3 Å². The van der Waals surface area contributed by atoms with E-state index in [2.05, 4.69) is 0 Å². The maximum atomic E-state index is 10.1. The first kappa shape index (κ1) is 8.07. The van der Waals surface area contributed by atoms with E-state index in [1.807, 2.05) is 13.8 Å².